The molecule has 1 aliphatic rings. The van der Waals surface area contributed by atoms with E-state index in [0.717, 1.165) is 12.0 Å². The molecule has 0 N–H and O–H groups in total. The van der Waals surface area contributed by atoms with Crippen molar-refractivity contribution in [1.82, 2.24) is 0 Å². The second-order valence-corrected chi connectivity index (χ2v) is 10.6. The van der Waals surface area contributed by atoms with Gasteiger partial charge in [0, 0.05) is 9.75 Å². The molecule has 0 bridgehead atoms. The van der Waals surface area contributed by atoms with Crippen LogP contribution in [0.15, 0.2) is 72.8 Å². The molecule has 0 fully saturated rings. The number of benzene rings is 3. The second-order valence-electron chi connectivity index (χ2n) is 9.34. The fraction of sp³-hybridized carbons (Fsp3) is 0.233. The molecular formula is C30H28O2S. The van der Waals surface area contributed by atoms with Crippen LogP contribution in [0.3, 0.4) is 0 Å². The van der Waals surface area contributed by atoms with Gasteiger partial charge in [0.1, 0.15) is 0 Å². The average molecular weight is 453 g/mol. The number of aryl methyl sites for hydroxylation is 1. The van der Waals surface area contributed by atoms with Crippen LogP contribution in [-0.2, 0) is 10.2 Å². The average Bonchev–Trinajstić information content (AvgIpc) is 3.24. The van der Waals surface area contributed by atoms with E-state index in [2.05, 4.69) is 69.3 Å². The fourth-order valence-electron chi connectivity index (χ4n) is 4.75. The summed E-state index contributed by atoms with van der Waals surface area (Å²) in [5, 5.41) is 2.48. The molecule has 3 heteroatoms. The molecule has 0 unspecified atom stereocenters. The summed E-state index contributed by atoms with van der Waals surface area (Å²) in [7, 11) is 0. The third kappa shape index (κ3) is 3.91. The summed E-state index contributed by atoms with van der Waals surface area (Å²) >= 11 is 1.86. The molecule has 166 valence electrons. The van der Waals surface area contributed by atoms with E-state index in [1.165, 1.54) is 42.8 Å². The predicted molar refractivity (Wildman–Crippen MR) is 139 cm³/mol. The molecule has 1 heterocycles. The van der Waals surface area contributed by atoms with E-state index in [1.807, 2.05) is 42.5 Å². The summed E-state index contributed by atoms with van der Waals surface area (Å²) < 4.78 is 5.14. The minimum atomic E-state index is -0.278. The number of esters is 1. The maximum absolute atomic E-state index is 12.1. The maximum atomic E-state index is 12.1. The molecule has 0 radical (unpaired) electrons. The Kier molecular flexibility index (Phi) is 5.46. The summed E-state index contributed by atoms with van der Waals surface area (Å²) in [6.07, 6.45) is 3.45. The molecule has 0 aliphatic heterocycles. The highest BCUT2D eigenvalue weighted by molar-refractivity contribution is 7.13. The lowest BCUT2D eigenvalue weighted by atomic mass is 9.72. The monoisotopic (exact) mass is 452 g/mol. The summed E-state index contributed by atoms with van der Waals surface area (Å²) in [6.45, 7) is 9.04. The van der Waals surface area contributed by atoms with Gasteiger partial charge in [0.15, 0.2) is 0 Å². The molecule has 0 amide bonds. The Morgan fingerprint density at radius 1 is 1.00 bits per heavy atom. The highest BCUT2D eigenvalue weighted by Crippen LogP contribution is 2.45. The smallest absolute Gasteiger partial charge is 0.338 e. The first kappa shape index (κ1) is 21.7. The zero-order chi connectivity index (χ0) is 23.2. The van der Waals surface area contributed by atoms with Crippen LogP contribution in [0, 0.1) is 6.92 Å². The number of carbonyl (C=O) groups excluding carboxylic acids is 1. The first-order valence-electron chi connectivity index (χ1n) is 11.5. The lowest BCUT2D eigenvalue weighted by Gasteiger charge is -2.32. The first-order chi connectivity index (χ1) is 15.9. The van der Waals surface area contributed by atoms with Gasteiger partial charge in [0.25, 0.3) is 0 Å². The van der Waals surface area contributed by atoms with Crippen molar-refractivity contribution in [2.24, 2.45) is 0 Å². The van der Waals surface area contributed by atoms with Crippen LogP contribution < -0.4 is 0 Å². The van der Waals surface area contributed by atoms with Crippen molar-refractivity contribution in [1.29, 1.82) is 0 Å². The van der Waals surface area contributed by atoms with Crippen LogP contribution in [0.5, 0.6) is 0 Å². The molecule has 5 rings (SSSR count). The van der Waals surface area contributed by atoms with Crippen molar-refractivity contribution < 1.29 is 9.53 Å². The van der Waals surface area contributed by atoms with E-state index in [-0.39, 0.29) is 11.4 Å². The minimum absolute atomic E-state index is 0.0939. The van der Waals surface area contributed by atoms with Crippen molar-refractivity contribution in [2.75, 3.05) is 6.61 Å². The number of hydrogen-bond donors (Lipinski definition) is 0. The van der Waals surface area contributed by atoms with E-state index in [4.69, 9.17) is 4.74 Å². The van der Waals surface area contributed by atoms with Crippen molar-refractivity contribution in [3.8, 4) is 11.1 Å². The predicted octanol–water partition coefficient (Wildman–Crippen LogP) is 8.17. The zero-order valence-corrected chi connectivity index (χ0v) is 20.4. The highest BCUT2D eigenvalue weighted by Gasteiger charge is 2.29. The normalized spacial score (nSPS) is 14.6. The van der Waals surface area contributed by atoms with Gasteiger partial charge < -0.3 is 4.74 Å². The Balaban J connectivity index is 1.66. The van der Waals surface area contributed by atoms with Gasteiger partial charge in [-0.3, -0.25) is 0 Å². The van der Waals surface area contributed by atoms with Crippen LogP contribution in [0.1, 0.15) is 58.4 Å². The van der Waals surface area contributed by atoms with E-state index in [9.17, 15) is 4.79 Å². The third-order valence-corrected chi connectivity index (χ3v) is 7.60. The number of ether oxygens (including phenoxy) is 1. The summed E-state index contributed by atoms with van der Waals surface area (Å²) in [5.41, 5.74) is 7.04. The summed E-state index contributed by atoms with van der Waals surface area (Å²) in [6, 6.07) is 23.5. The lowest BCUT2D eigenvalue weighted by molar-refractivity contribution is 0.0526. The Hall–Kier alpha value is -3.17. The van der Waals surface area contributed by atoms with Crippen molar-refractivity contribution in [3.05, 3.63) is 99.3 Å². The Morgan fingerprint density at radius 3 is 2.48 bits per heavy atom. The van der Waals surface area contributed by atoms with Crippen LogP contribution in [-0.4, -0.2) is 12.6 Å². The molecule has 0 saturated heterocycles. The molecule has 1 aromatic heterocycles. The lowest BCUT2D eigenvalue weighted by Crippen LogP contribution is -2.21. The van der Waals surface area contributed by atoms with E-state index in [1.54, 1.807) is 0 Å². The summed E-state index contributed by atoms with van der Waals surface area (Å²) in [5.74, 6) is -0.278. The number of thiophene rings is 1. The Labute approximate surface area is 199 Å². The van der Waals surface area contributed by atoms with Crippen LogP contribution >= 0.6 is 11.3 Å². The molecule has 1 aliphatic carbocycles. The molecular weight excluding hydrogens is 424 g/mol. The van der Waals surface area contributed by atoms with Gasteiger partial charge in [0.05, 0.1) is 12.2 Å². The van der Waals surface area contributed by atoms with Gasteiger partial charge in [-0.15, -0.1) is 11.3 Å². The number of carbonyl (C=O) groups is 1. The second kappa shape index (κ2) is 8.31. The molecule has 4 aromatic rings. The fourth-order valence-corrected chi connectivity index (χ4v) is 5.67. The minimum Gasteiger partial charge on any atom is -0.462 e. The van der Waals surface area contributed by atoms with E-state index >= 15 is 0 Å². The third-order valence-electron chi connectivity index (χ3n) is 6.57. The largest absolute Gasteiger partial charge is 0.462 e. The number of fused-ring (bicyclic) bond motifs is 2. The van der Waals surface area contributed by atoms with Gasteiger partial charge in [-0.2, -0.15) is 0 Å². The SMILES string of the molecule is CCOC(=O)c1ccc(-c2cccc3cc4c(cc23)C(c2ccc(C)s2)=CCC4(C)C)cc1. The number of hydrogen-bond acceptors (Lipinski definition) is 3. The van der Waals surface area contributed by atoms with Crippen molar-refractivity contribution in [2.45, 2.75) is 39.5 Å². The summed E-state index contributed by atoms with van der Waals surface area (Å²) in [4.78, 5) is 14.7. The van der Waals surface area contributed by atoms with Crippen LogP contribution in [0.4, 0.5) is 0 Å². The highest BCUT2D eigenvalue weighted by atomic mass is 32.1. The molecule has 33 heavy (non-hydrogen) atoms. The van der Waals surface area contributed by atoms with Gasteiger partial charge >= 0.3 is 5.97 Å². The van der Waals surface area contributed by atoms with Crippen LogP contribution in [0.25, 0.3) is 27.5 Å². The van der Waals surface area contributed by atoms with Gasteiger partial charge in [-0.25, -0.2) is 4.79 Å². The Morgan fingerprint density at radius 2 is 1.79 bits per heavy atom. The first-order valence-corrected chi connectivity index (χ1v) is 12.3. The van der Waals surface area contributed by atoms with E-state index < -0.39 is 0 Å². The van der Waals surface area contributed by atoms with Crippen LogP contribution in [0.2, 0.25) is 0 Å². The standard InChI is InChI=1S/C30H28O2S/c1-5-32-29(31)21-12-10-20(11-13-21)23-8-6-7-22-17-27-26(18-25(22)23)24(15-16-30(27,3)4)28-14-9-19(2)33-28/h6-15,17-18H,5,16H2,1-4H3. The van der Waals surface area contributed by atoms with Gasteiger partial charge in [0.2, 0.25) is 0 Å². The van der Waals surface area contributed by atoms with Gasteiger partial charge in [-0.1, -0.05) is 50.3 Å². The molecule has 0 spiro atoms. The van der Waals surface area contributed by atoms with Crippen molar-refractivity contribution in [3.63, 3.8) is 0 Å². The maximum Gasteiger partial charge on any atom is 0.338 e. The molecule has 3 aromatic carbocycles. The quantitative estimate of drug-likeness (QED) is 0.292. The topological polar surface area (TPSA) is 26.3 Å². The Bertz CT molecular complexity index is 1390. The molecule has 2 nitrogen and oxygen atoms in total. The zero-order valence-electron chi connectivity index (χ0n) is 19.6. The van der Waals surface area contributed by atoms with Gasteiger partial charge in [-0.05, 0) is 101 Å². The van der Waals surface area contributed by atoms with E-state index in [0.29, 0.717) is 12.2 Å². The number of rotatable bonds is 4. The van der Waals surface area contributed by atoms with Crippen molar-refractivity contribution >= 4 is 33.7 Å². The number of allylic oxidation sites excluding steroid dienone is 1. The molecule has 0 atom stereocenters. The molecule has 0 saturated carbocycles.